The molecule has 0 aromatic heterocycles. The summed E-state index contributed by atoms with van der Waals surface area (Å²) in [5.74, 6) is -0.536. The van der Waals surface area contributed by atoms with Gasteiger partial charge in [0, 0.05) is 13.8 Å². The Hall–Kier alpha value is -2.52. The minimum Gasteiger partial charge on any atom is -0.339 e. The summed E-state index contributed by atoms with van der Waals surface area (Å²) >= 11 is 0. The molecule has 0 saturated heterocycles. The van der Waals surface area contributed by atoms with Crippen molar-refractivity contribution in [3.63, 3.8) is 0 Å². The number of urea groups is 2. The lowest BCUT2D eigenvalue weighted by atomic mass is 10.7. The van der Waals surface area contributed by atoms with Crippen LogP contribution in [0.25, 0.3) is 0 Å². The van der Waals surface area contributed by atoms with Gasteiger partial charge < -0.3 is 31.9 Å². The first kappa shape index (κ1) is 16.5. The zero-order valence-corrected chi connectivity index (χ0v) is 10.8. The molecule has 0 saturated carbocycles. The normalized spacial score (nSPS) is 8.95. The molecule has 10 nitrogen and oxygen atoms in total. The van der Waals surface area contributed by atoms with E-state index in [-0.39, 0.29) is 31.8 Å². The van der Waals surface area contributed by atoms with E-state index in [4.69, 9.17) is 0 Å². The minimum atomic E-state index is -0.545. The van der Waals surface area contributed by atoms with Crippen molar-refractivity contribution < 1.29 is 19.2 Å². The largest absolute Gasteiger partial charge is 0.339 e. The summed E-state index contributed by atoms with van der Waals surface area (Å²) in [6.45, 7) is 2.53. The van der Waals surface area contributed by atoms with E-state index in [0.29, 0.717) is 0 Å². The number of hydrogen-bond donors (Lipinski definition) is 6. The SMILES string of the molecule is CC(=O)NCNC(=O)NCNC(=O)NCNC(C)=O. The minimum absolute atomic E-state index is 0.00407. The van der Waals surface area contributed by atoms with Gasteiger partial charge in [0.15, 0.2) is 0 Å². The van der Waals surface area contributed by atoms with Crippen LogP contribution in [0.4, 0.5) is 9.59 Å². The lowest BCUT2D eigenvalue weighted by Gasteiger charge is -2.10. The molecule has 6 amide bonds. The van der Waals surface area contributed by atoms with Gasteiger partial charge in [-0.1, -0.05) is 0 Å². The van der Waals surface area contributed by atoms with E-state index >= 15 is 0 Å². The average Bonchev–Trinajstić information content (AvgIpc) is 2.27. The molecule has 0 bridgehead atoms. The predicted octanol–water partition coefficient (Wildman–Crippen LogP) is -2.27. The topological polar surface area (TPSA) is 140 Å². The third-order valence-corrected chi connectivity index (χ3v) is 1.67. The first-order valence-electron chi connectivity index (χ1n) is 5.44. The molecule has 19 heavy (non-hydrogen) atoms. The Morgan fingerprint density at radius 1 is 0.579 bits per heavy atom. The standard InChI is InChI=1S/C9H18N6O4/c1-6(16)10-3-12-8(18)14-5-15-9(19)13-4-11-7(2)17/h3-5H2,1-2H3,(H,10,16)(H,11,17)(H2,12,14,18)(H2,13,15,19). The van der Waals surface area contributed by atoms with Crippen molar-refractivity contribution in [3.8, 4) is 0 Å². The Kier molecular flexibility index (Phi) is 8.24. The molecule has 0 aliphatic rings. The molecule has 0 fully saturated rings. The molecule has 0 aliphatic carbocycles. The van der Waals surface area contributed by atoms with Crippen molar-refractivity contribution in [2.45, 2.75) is 13.8 Å². The Bertz CT molecular complexity index is 314. The van der Waals surface area contributed by atoms with Gasteiger partial charge in [-0.25, -0.2) is 9.59 Å². The van der Waals surface area contributed by atoms with E-state index in [1.807, 2.05) is 0 Å². The third kappa shape index (κ3) is 11.7. The smallest absolute Gasteiger partial charge is 0.317 e. The summed E-state index contributed by atoms with van der Waals surface area (Å²) in [5, 5.41) is 14.0. The monoisotopic (exact) mass is 274 g/mol. The molecular weight excluding hydrogens is 256 g/mol. The van der Waals surface area contributed by atoms with Gasteiger partial charge in [-0.3, -0.25) is 9.59 Å². The highest BCUT2D eigenvalue weighted by molar-refractivity contribution is 5.78. The number of carbonyl (C=O) groups is 4. The highest BCUT2D eigenvalue weighted by Crippen LogP contribution is 1.65. The van der Waals surface area contributed by atoms with Crippen LogP contribution in [0.1, 0.15) is 13.8 Å². The quantitative estimate of drug-likeness (QED) is 0.304. The fourth-order valence-electron chi connectivity index (χ4n) is 0.828. The lowest BCUT2D eigenvalue weighted by Crippen LogP contribution is -2.49. The van der Waals surface area contributed by atoms with Gasteiger partial charge in [0.25, 0.3) is 0 Å². The third-order valence-electron chi connectivity index (χ3n) is 1.67. The molecular formula is C9H18N6O4. The fraction of sp³-hybridized carbons (Fsp3) is 0.556. The van der Waals surface area contributed by atoms with Gasteiger partial charge in [0.2, 0.25) is 11.8 Å². The van der Waals surface area contributed by atoms with Gasteiger partial charge in [-0.15, -0.1) is 0 Å². The zero-order chi connectivity index (χ0) is 14.7. The van der Waals surface area contributed by atoms with E-state index in [1.54, 1.807) is 0 Å². The van der Waals surface area contributed by atoms with Crippen molar-refractivity contribution in [2.24, 2.45) is 0 Å². The summed E-state index contributed by atoms with van der Waals surface area (Å²) in [6.07, 6.45) is 0. The Labute approximate surface area is 110 Å². The lowest BCUT2D eigenvalue weighted by molar-refractivity contribution is -0.119. The zero-order valence-electron chi connectivity index (χ0n) is 10.8. The molecule has 0 aromatic carbocycles. The maximum absolute atomic E-state index is 11.1. The van der Waals surface area contributed by atoms with Gasteiger partial charge in [-0.2, -0.15) is 0 Å². The molecule has 0 unspecified atom stereocenters. The Balaban J connectivity index is 3.50. The number of amides is 6. The van der Waals surface area contributed by atoms with Crippen LogP contribution in [0.15, 0.2) is 0 Å². The van der Waals surface area contributed by atoms with E-state index in [1.165, 1.54) is 13.8 Å². The van der Waals surface area contributed by atoms with E-state index < -0.39 is 12.1 Å². The highest BCUT2D eigenvalue weighted by Gasteiger charge is 2.01. The molecule has 0 rings (SSSR count). The van der Waals surface area contributed by atoms with Gasteiger partial charge in [-0.05, 0) is 0 Å². The number of carbonyl (C=O) groups excluding carboxylic acids is 4. The first-order valence-corrected chi connectivity index (χ1v) is 5.44. The molecule has 10 heteroatoms. The van der Waals surface area contributed by atoms with Crippen LogP contribution in [0.2, 0.25) is 0 Å². The van der Waals surface area contributed by atoms with Crippen LogP contribution < -0.4 is 31.9 Å². The maximum Gasteiger partial charge on any atom is 0.317 e. The van der Waals surface area contributed by atoms with Gasteiger partial charge >= 0.3 is 12.1 Å². The van der Waals surface area contributed by atoms with Gasteiger partial charge in [0.1, 0.15) is 0 Å². The first-order chi connectivity index (χ1) is 8.91. The van der Waals surface area contributed by atoms with Crippen molar-refractivity contribution >= 4 is 23.9 Å². The van der Waals surface area contributed by atoms with E-state index in [9.17, 15) is 19.2 Å². The number of hydrogen-bond acceptors (Lipinski definition) is 4. The highest BCUT2D eigenvalue weighted by atomic mass is 16.2. The summed E-state index contributed by atoms with van der Waals surface area (Å²) in [5.41, 5.74) is 0. The average molecular weight is 274 g/mol. The van der Waals surface area contributed by atoms with E-state index in [2.05, 4.69) is 31.9 Å². The van der Waals surface area contributed by atoms with Crippen LogP contribution in [0, 0.1) is 0 Å². The van der Waals surface area contributed by atoms with E-state index in [0.717, 1.165) is 0 Å². The van der Waals surface area contributed by atoms with Crippen LogP contribution in [-0.2, 0) is 9.59 Å². The Morgan fingerprint density at radius 3 is 1.11 bits per heavy atom. The predicted molar refractivity (Wildman–Crippen MR) is 65.6 cm³/mol. The second-order valence-corrected chi connectivity index (χ2v) is 3.36. The molecule has 0 radical (unpaired) electrons. The molecule has 0 atom stereocenters. The number of nitrogens with one attached hydrogen (secondary N) is 6. The summed E-state index contributed by atoms with van der Waals surface area (Å²) in [6, 6.07) is -1.09. The van der Waals surface area contributed by atoms with Crippen LogP contribution in [0.3, 0.4) is 0 Å². The van der Waals surface area contributed by atoms with Crippen LogP contribution >= 0.6 is 0 Å². The van der Waals surface area contributed by atoms with Crippen molar-refractivity contribution in [3.05, 3.63) is 0 Å². The molecule has 6 N–H and O–H groups in total. The maximum atomic E-state index is 11.1. The second-order valence-electron chi connectivity index (χ2n) is 3.36. The fourth-order valence-corrected chi connectivity index (χ4v) is 0.828. The summed E-state index contributed by atoms with van der Waals surface area (Å²) < 4.78 is 0. The van der Waals surface area contributed by atoms with Crippen LogP contribution in [-0.4, -0.2) is 43.9 Å². The molecule has 0 spiro atoms. The van der Waals surface area contributed by atoms with Gasteiger partial charge in [0.05, 0.1) is 20.0 Å². The molecule has 0 aromatic rings. The number of rotatable bonds is 6. The molecule has 108 valence electrons. The van der Waals surface area contributed by atoms with Crippen LogP contribution in [0.5, 0.6) is 0 Å². The second kappa shape index (κ2) is 9.50. The molecule has 0 aliphatic heterocycles. The molecule has 0 heterocycles. The summed E-state index contributed by atoms with van der Waals surface area (Å²) in [7, 11) is 0. The van der Waals surface area contributed by atoms with Crippen molar-refractivity contribution in [2.75, 3.05) is 20.0 Å². The summed E-state index contributed by atoms with van der Waals surface area (Å²) in [4.78, 5) is 43.2. The van der Waals surface area contributed by atoms with Crippen molar-refractivity contribution in [1.82, 2.24) is 31.9 Å². The van der Waals surface area contributed by atoms with Crippen molar-refractivity contribution in [1.29, 1.82) is 0 Å². The Morgan fingerprint density at radius 2 is 0.842 bits per heavy atom.